The van der Waals surface area contributed by atoms with Gasteiger partial charge in [0.05, 0.1) is 19.4 Å². The molecule has 0 unspecified atom stereocenters. The summed E-state index contributed by atoms with van der Waals surface area (Å²) in [6.45, 7) is 7.21. The highest BCUT2D eigenvalue weighted by Gasteiger charge is 2.37. The molecule has 3 rings (SSSR count). The minimum absolute atomic E-state index is 0.153. The number of aromatic nitrogens is 2. The highest BCUT2D eigenvalue weighted by molar-refractivity contribution is 5.21. The van der Waals surface area contributed by atoms with Crippen LogP contribution in [-0.4, -0.2) is 82.4 Å². The predicted molar refractivity (Wildman–Crippen MR) is 119 cm³/mol. The molecule has 2 fully saturated rings. The number of H-pyrrole nitrogens is 1. The molecule has 2 heterocycles. The highest BCUT2D eigenvalue weighted by Crippen LogP contribution is 2.44. The van der Waals surface area contributed by atoms with Crippen molar-refractivity contribution in [1.82, 2.24) is 20.4 Å². The topological polar surface area (TPSA) is 71.6 Å². The lowest BCUT2D eigenvalue weighted by Gasteiger charge is -2.40. The van der Waals surface area contributed by atoms with Gasteiger partial charge in [0.15, 0.2) is 0 Å². The van der Waals surface area contributed by atoms with Crippen molar-refractivity contribution >= 4 is 0 Å². The molecule has 0 amide bonds. The zero-order chi connectivity index (χ0) is 21.2. The monoisotopic (exact) mass is 422 g/mol. The SMILES string of the molecule is CNCCN(C)Cc1cn[nH]c1C1CCC(COC)(COCC2CCOCC2)CC1. The fourth-order valence-corrected chi connectivity index (χ4v) is 4.98. The molecular formula is C23H42N4O3. The Labute approximate surface area is 182 Å². The van der Waals surface area contributed by atoms with Crippen molar-refractivity contribution in [2.45, 2.75) is 51.0 Å². The summed E-state index contributed by atoms with van der Waals surface area (Å²) in [5.74, 6) is 1.21. The molecule has 1 aliphatic carbocycles. The maximum atomic E-state index is 6.24. The Morgan fingerprint density at radius 3 is 2.70 bits per heavy atom. The van der Waals surface area contributed by atoms with Crippen LogP contribution in [0.15, 0.2) is 6.20 Å². The second-order valence-electron chi connectivity index (χ2n) is 9.43. The Bertz CT molecular complexity index is 595. The van der Waals surface area contributed by atoms with E-state index in [1.807, 2.05) is 20.4 Å². The molecule has 30 heavy (non-hydrogen) atoms. The van der Waals surface area contributed by atoms with Gasteiger partial charge in [-0.1, -0.05) is 0 Å². The van der Waals surface area contributed by atoms with Crippen molar-refractivity contribution in [2.75, 3.05) is 67.3 Å². The van der Waals surface area contributed by atoms with Crippen molar-refractivity contribution in [3.05, 3.63) is 17.5 Å². The van der Waals surface area contributed by atoms with Crippen LogP contribution in [0.4, 0.5) is 0 Å². The quantitative estimate of drug-likeness (QED) is 0.540. The molecule has 0 spiro atoms. The van der Waals surface area contributed by atoms with Gasteiger partial charge in [-0.3, -0.25) is 5.10 Å². The Kier molecular flexibility index (Phi) is 9.59. The molecule has 0 atom stereocenters. The van der Waals surface area contributed by atoms with Gasteiger partial charge in [0, 0.05) is 69.2 Å². The van der Waals surface area contributed by atoms with Crippen molar-refractivity contribution in [1.29, 1.82) is 0 Å². The lowest BCUT2D eigenvalue weighted by molar-refractivity contribution is -0.0513. The molecule has 172 valence electrons. The number of hydrogen-bond acceptors (Lipinski definition) is 6. The van der Waals surface area contributed by atoms with Crippen LogP contribution in [0.3, 0.4) is 0 Å². The van der Waals surface area contributed by atoms with Gasteiger partial charge >= 0.3 is 0 Å². The summed E-state index contributed by atoms with van der Waals surface area (Å²) in [5, 5.41) is 10.9. The molecule has 0 radical (unpaired) electrons. The first kappa shape index (κ1) is 23.7. The number of rotatable bonds is 12. The Morgan fingerprint density at radius 2 is 2.00 bits per heavy atom. The van der Waals surface area contributed by atoms with Crippen LogP contribution < -0.4 is 5.32 Å². The van der Waals surface area contributed by atoms with Gasteiger partial charge in [-0.25, -0.2) is 0 Å². The van der Waals surface area contributed by atoms with Crippen molar-refractivity contribution < 1.29 is 14.2 Å². The van der Waals surface area contributed by atoms with Crippen LogP contribution in [0.5, 0.6) is 0 Å². The van der Waals surface area contributed by atoms with Crippen LogP contribution in [0.25, 0.3) is 0 Å². The molecular weight excluding hydrogens is 380 g/mol. The molecule has 7 heteroatoms. The van der Waals surface area contributed by atoms with Crippen molar-refractivity contribution in [2.24, 2.45) is 11.3 Å². The molecule has 7 nitrogen and oxygen atoms in total. The maximum absolute atomic E-state index is 6.24. The second-order valence-corrected chi connectivity index (χ2v) is 9.43. The molecule has 1 aliphatic heterocycles. The number of likely N-dealkylation sites (N-methyl/N-ethyl adjacent to an activating group) is 2. The Hall–Kier alpha value is -0.990. The number of nitrogens with zero attached hydrogens (tertiary/aromatic N) is 2. The molecule has 1 aromatic rings. The minimum Gasteiger partial charge on any atom is -0.384 e. The molecule has 0 aromatic carbocycles. The third kappa shape index (κ3) is 6.76. The standard InChI is InChI=1S/C23H42N4O3/c1-24-10-11-27(2)15-21-14-25-26-22(21)20-4-8-23(9-5-20,17-28-3)18-30-16-19-6-12-29-13-7-19/h14,19-20,24H,4-13,15-18H2,1-3H3,(H,25,26). The summed E-state index contributed by atoms with van der Waals surface area (Å²) in [4.78, 5) is 2.35. The summed E-state index contributed by atoms with van der Waals surface area (Å²) in [5.41, 5.74) is 2.83. The summed E-state index contributed by atoms with van der Waals surface area (Å²) in [6.07, 6.45) is 8.90. The Morgan fingerprint density at radius 1 is 1.23 bits per heavy atom. The maximum Gasteiger partial charge on any atom is 0.0544 e. The highest BCUT2D eigenvalue weighted by atomic mass is 16.5. The third-order valence-corrected chi connectivity index (χ3v) is 6.94. The van der Waals surface area contributed by atoms with Crippen molar-refractivity contribution in [3.8, 4) is 0 Å². The Balaban J connectivity index is 1.50. The molecule has 1 aromatic heterocycles. The first-order valence-corrected chi connectivity index (χ1v) is 11.7. The number of hydrogen-bond donors (Lipinski definition) is 2. The molecule has 0 bridgehead atoms. The van der Waals surface area contributed by atoms with Crippen LogP contribution >= 0.6 is 0 Å². The van der Waals surface area contributed by atoms with E-state index >= 15 is 0 Å². The average Bonchev–Trinajstić information content (AvgIpc) is 3.22. The zero-order valence-electron chi connectivity index (χ0n) is 19.3. The van der Waals surface area contributed by atoms with Gasteiger partial charge in [-0.15, -0.1) is 0 Å². The molecule has 2 aliphatic rings. The van der Waals surface area contributed by atoms with E-state index < -0.39 is 0 Å². The fraction of sp³-hybridized carbons (Fsp3) is 0.870. The summed E-state index contributed by atoms with van der Waals surface area (Å²) in [7, 11) is 5.99. The predicted octanol–water partition coefficient (Wildman–Crippen LogP) is 2.79. The zero-order valence-corrected chi connectivity index (χ0v) is 19.3. The van der Waals surface area contributed by atoms with Crippen LogP contribution in [0, 0.1) is 11.3 Å². The summed E-state index contributed by atoms with van der Waals surface area (Å²) in [6, 6.07) is 0. The number of ether oxygens (including phenoxy) is 3. The van der Waals surface area contributed by atoms with E-state index in [2.05, 4.69) is 27.5 Å². The average molecular weight is 423 g/mol. The van der Waals surface area contributed by atoms with Crippen LogP contribution in [0.1, 0.15) is 55.7 Å². The summed E-state index contributed by atoms with van der Waals surface area (Å²) >= 11 is 0. The van der Waals surface area contributed by atoms with Gasteiger partial charge in [0.1, 0.15) is 0 Å². The molecule has 2 N–H and O–H groups in total. The van der Waals surface area contributed by atoms with Gasteiger partial charge in [-0.05, 0) is 58.5 Å². The third-order valence-electron chi connectivity index (χ3n) is 6.94. The largest absolute Gasteiger partial charge is 0.384 e. The van der Waals surface area contributed by atoms with E-state index in [9.17, 15) is 0 Å². The number of aromatic amines is 1. The first-order chi connectivity index (χ1) is 14.7. The lowest BCUT2D eigenvalue weighted by Crippen LogP contribution is -2.37. The summed E-state index contributed by atoms with van der Waals surface area (Å²) < 4.78 is 17.3. The van der Waals surface area contributed by atoms with E-state index in [1.165, 1.54) is 24.1 Å². The lowest BCUT2D eigenvalue weighted by atomic mass is 9.70. The normalized spacial score (nSPS) is 25.8. The van der Waals surface area contributed by atoms with Crippen LogP contribution in [0.2, 0.25) is 0 Å². The van der Waals surface area contributed by atoms with E-state index in [4.69, 9.17) is 14.2 Å². The van der Waals surface area contributed by atoms with Gasteiger partial charge in [-0.2, -0.15) is 5.10 Å². The van der Waals surface area contributed by atoms with E-state index in [0.717, 1.165) is 78.4 Å². The minimum atomic E-state index is 0.153. The molecule has 1 saturated carbocycles. The number of methoxy groups -OCH3 is 1. The van der Waals surface area contributed by atoms with Crippen LogP contribution in [-0.2, 0) is 20.8 Å². The van der Waals surface area contributed by atoms with Gasteiger partial charge in [0.2, 0.25) is 0 Å². The van der Waals surface area contributed by atoms with Gasteiger partial charge < -0.3 is 24.4 Å². The molecule has 1 saturated heterocycles. The van der Waals surface area contributed by atoms with E-state index in [-0.39, 0.29) is 5.41 Å². The van der Waals surface area contributed by atoms with E-state index in [1.54, 1.807) is 0 Å². The van der Waals surface area contributed by atoms with E-state index in [0.29, 0.717) is 11.8 Å². The smallest absolute Gasteiger partial charge is 0.0544 e. The van der Waals surface area contributed by atoms with Gasteiger partial charge in [0.25, 0.3) is 0 Å². The second kappa shape index (κ2) is 12.2. The fourth-order valence-electron chi connectivity index (χ4n) is 4.98. The number of nitrogens with one attached hydrogen (secondary N) is 2. The van der Waals surface area contributed by atoms with Crippen molar-refractivity contribution in [3.63, 3.8) is 0 Å². The first-order valence-electron chi connectivity index (χ1n) is 11.7.